The van der Waals surface area contributed by atoms with Crippen molar-refractivity contribution in [3.63, 3.8) is 0 Å². The number of thiophene rings is 1. The minimum Gasteiger partial charge on any atom is -0.497 e. The molecule has 0 bridgehead atoms. The number of benzene rings is 1. The number of nitrogens with zero attached hydrogens (tertiary/aromatic N) is 4. The summed E-state index contributed by atoms with van der Waals surface area (Å²) in [5.74, 6) is 1.61. The first-order chi connectivity index (χ1) is 13.7. The van der Waals surface area contributed by atoms with Gasteiger partial charge in [0.2, 0.25) is 0 Å². The molecule has 0 spiro atoms. The molecule has 1 aliphatic rings. The zero-order chi connectivity index (χ0) is 19.5. The molecule has 7 nitrogen and oxygen atoms in total. The number of ether oxygens (including phenoxy) is 2. The Morgan fingerprint density at radius 1 is 1.11 bits per heavy atom. The number of fused-ring (bicyclic) bond motifs is 1. The smallest absolute Gasteiger partial charge is 0.319 e. The standard InChI is InChI=1S/C20H22N4O3S/c1-26-15-5-3-14(4-6-15)17-11-16-19(28-17)20(22-13-21-16)24-9-7-23(8-10-24)12-18(25)27-2/h3-6,11,13H,7-10,12H2,1-2H3. The lowest BCUT2D eigenvalue weighted by molar-refractivity contribution is -0.142. The number of aromatic nitrogens is 2. The third-order valence-electron chi connectivity index (χ3n) is 4.92. The number of hydrogen-bond donors (Lipinski definition) is 0. The SMILES string of the molecule is COC(=O)CN1CCN(c2ncnc3cc(-c4ccc(OC)cc4)sc23)CC1. The maximum atomic E-state index is 11.5. The van der Waals surface area contributed by atoms with Crippen molar-refractivity contribution in [3.8, 4) is 16.2 Å². The highest BCUT2D eigenvalue weighted by Crippen LogP contribution is 2.37. The fraction of sp³-hybridized carbons (Fsp3) is 0.350. The summed E-state index contributed by atoms with van der Waals surface area (Å²) >= 11 is 1.70. The van der Waals surface area contributed by atoms with E-state index in [1.807, 2.05) is 12.1 Å². The van der Waals surface area contributed by atoms with Crippen LogP contribution in [0.4, 0.5) is 5.82 Å². The molecular formula is C20H22N4O3S. The van der Waals surface area contributed by atoms with Crippen molar-refractivity contribution in [2.45, 2.75) is 0 Å². The van der Waals surface area contributed by atoms with Gasteiger partial charge in [0.05, 0.1) is 31.0 Å². The maximum Gasteiger partial charge on any atom is 0.319 e. The second kappa shape index (κ2) is 8.12. The third kappa shape index (κ3) is 3.79. The second-order valence-corrected chi connectivity index (χ2v) is 7.64. The quantitative estimate of drug-likeness (QED) is 0.612. The molecule has 0 unspecified atom stereocenters. The lowest BCUT2D eigenvalue weighted by Gasteiger charge is -2.34. The van der Waals surface area contributed by atoms with E-state index in [0.29, 0.717) is 6.54 Å². The molecule has 0 saturated carbocycles. The van der Waals surface area contributed by atoms with Crippen molar-refractivity contribution in [1.29, 1.82) is 0 Å². The average Bonchev–Trinajstić information content (AvgIpc) is 3.19. The zero-order valence-corrected chi connectivity index (χ0v) is 16.7. The van der Waals surface area contributed by atoms with Crippen LogP contribution < -0.4 is 9.64 Å². The van der Waals surface area contributed by atoms with Gasteiger partial charge in [-0.25, -0.2) is 9.97 Å². The molecule has 28 heavy (non-hydrogen) atoms. The molecule has 0 N–H and O–H groups in total. The lowest BCUT2D eigenvalue weighted by Crippen LogP contribution is -2.48. The van der Waals surface area contributed by atoms with Gasteiger partial charge in [0.1, 0.15) is 17.9 Å². The van der Waals surface area contributed by atoms with Crippen molar-refractivity contribution < 1.29 is 14.3 Å². The Morgan fingerprint density at radius 3 is 2.54 bits per heavy atom. The molecule has 8 heteroatoms. The summed E-state index contributed by atoms with van der Waals surface area (Å²) in [6.07, 6.45) is 1.63. The number of rotatable bonds is 5. The first kappa shape index (κ1) is 18.6. The van der Waals surface area contributed by atoms with E-state index < -0.39 is 0 Å². The predicted molar refractivity (Wildman–Crippen MR) is 110 cm³/mol. The highest BCUT2D eigenvalue weighted by Gasteiger charge is 2.22. The van der Waals surface area contributed by atoms with Crippen molar-refractivity contribution >= 4 is 33.3 Å². The van der Waals surface area contributed by atoms with E-state index >= 15 is 0 Å². The largest absolute Gasteiger partial charge is 0.497 e. The van der Waals surface area contributed by atoms with Gasteiger partial charge in [-0.1, -0.05) is 0 Å². The normalized spacial score (nSPS) is 15.0. The molecule has 1 aliphatic heterocycles. The van der Waals surface area contributed by atoms with Crippen molar-refractivity contribution in [2.75, 3.05) is 51.8 Å². The lowest BCUT2D eigenvalue weighted by atomic mass is 10.2. The average molecular weight is 398 g/mol. The van der Waals surface area contributed by atoms with E-state index in [4.69, 9.17) is 9.47 Å². The Labute approximate surface area is 167 Å². The number of anilines is 1. The summed E-state index contributed by atoms with van der Waals surface area (Å²) in [5, 5.41) is 0. The third-order valence-corrected chi connectivity index (χ3v) is 6.09. The molecule has 0 aliphatic carbocycles. The Morgan fingerprint density at radius 2 is 1.86 bits per heavy atom. The highest BCUT2D eigenvalue weighted by atomic mass is 32.1. The van der Waals surface area contributed by atoms with E-state index in [1.54, 1.807) is 24.8 Å². The van der Waals surface area contributed by atoms with Gasteiger partial charge < -0.3 is 14.4 Å². The van der Waals surface area contributed by atoms with Crippen LogP contribution in [0.1, 0.15) is 0 Å². The van der Waals surface area contributed by atoms with Crippen LogP contribution in [0.3, 0.4) is 0 Å². The summed E-state index contributed by atoms with van der Waals surface area (Å²) in [4.78, 5) is 26.0. The number of piperazine rings is 1. The molecule has 1 fully saturated rings. The molecule has 1 aromatic carbocycles. The number of hydrogen-bond acceptors (Lipinski definition) is 8. The van der Waals surface area contributed by atoms with Gasteiger partial charge in [0.25, 0.3) is 0 Å². The van der Waals surface area contributed by atoms with Crippen LogP contribution in [0, 0.1) is 0 Å². The van der Waals surface area contributed by atoms with Crippen molar-refractivity contribution in [2.24, 2.45) is 0 Å². The molecule has 0 atom stereocenters. The first-order valence-electron chi connectivity index (χ1n) is 9.11. The molecule has 146 valence electrons. The molecule has 2 aromatic heterocycles. The Bertz CT molecular complexity index is 965. The Hall–Kier alpha value is -2.71. The number of carbonyl (C=O) groups is 1. The molecule has 1 saturated heterocycles. The second-order valence-electron chi connectivity index (χ2n) is 6.59. The minimum atomic E-state index is -0.194. The Balaban J connectivity index is 1.55. The monoisotopic (exact) mass is 398 g/mol. The highest BCUT2D eigenvalue weighted by molar-refractivity contribution is 7.22. The predicted octanol–water partition coefficient (Wildman–Crippen LogP) is 2.66. The Kier molecular flexibility index (Phi) is 5.40. The van der Waals surface area contributed by atoms with E-state index in [9.17, 15) is 4.79 Å². The summed E-state index contributed by atoms with van der Waals surface area (Å²) in [6.45, 7) is 3.58. The molecule has 4 rings (SSSR count). The summed E-state index contributed by atoms with van der Waals surface area (Å²) in [5.41, 5.74) is 2.09. The number of carbonyl (C=O) groups excluding carboxylic acids is 1. The molecule has 0 amide bonds. The topological polar surface area (TPSA) is 67.8 Å². The van der Waals surface area contributed by atoms with Gasteiger partial charge in [-0.3, -0.25) is 9.69 Å². The summed E-state index contributed by atoms with van der Waals surface area (Å²) in [7, 11) is 3.09. The molecule has 0 radical (unpaired) electrons. The van der Waals surface area contributed by atoms with E-state index in [1.165, 1.54) is 7.11 Å². The molecule has 3 heterocycles. The van der Waals surface area contributed by atoms with Gasteiger partial charge in [-0.15, -0.1) is 11.3 Å². The van der Waals surface area contributed by atoms with Gasteiger partial charge in [0, 0.05) is 31.1 Å². The molecule has 3 aromatic rings. The summed E-state index contributed by atoms with van der Waals surface area (Å²) < 4.78 is 11.1. The van der Waals surface area contributed by atoms with Crippen molar-refractivity contribution in [3.05, 3.63) is 36.7 Å². The van der Waals surface area contributed by atoms with Crippen LogP contribution in [0.5, 0.6) is 5.75 Å². The summed E-state index contributed by atoms with van der Waals surface area (Å²) in [6, 6.07) is 10.2. The van der Waals surface area contributed by atoms with Crippen LogP contribution in [0.2, 0.25) is 0 Å². The van der Waals surface area contributed by atoms with Gasteiger partial charge >= 0.3 is 5.97 Å². The number of esters is 1. The van der Waals surface area contributed by atoms with Crippen LogP contribution >= 0.6 is 11.3 Å². The van der Waals surface area contributed by atoms with Crippen LogP contribution in [-0.2, 0) is 9.53 Å². The maximum absolute atomic E-state index is 11.5. The van der Waals surface area contributed by atoms with Crippen molar-refractivity contribution in [1.82, 2.24) is 14.9 Å². The van der Waals surface area contributed by atoms with E-state index in [-0.39, 0.29) is 5.97 Å². The first-order valence-corrected chi connectivity index (χ1v) is 9.92. The zero-order valence-electron chi connectivity index (χ0n) is 15.9. The molecular weight excluding hydrogens is 376 g/mol. The van der Waals surface area contributed by atoms with Gasteiger partial charge in [-0.05, 0) is 35.9 Å². The van der Waals surface area contributed by atoms with Gasteiger partial charge in [0.15, 0.2) is 0 Å². The fourth-order valence-electron chi connectivity index (χ4n) is 3.33. The van der Waals surface area contributed by atoms with E-state index in [0.717, 1.165) is 58.4 Å². The minimum absolute atomic E-state index is 0.194. The van der Waals surface area contributed by atoms with E-state index in [2.05, 4.69) is 38.0 Å². The fourth-order valence-corrected chi connectivity index (χ4v) is 4.46. The number of methoxy groups -OCH3 is 2. The van der Waals surface area contributed by atoms with Crippen LogP contribution in [0.15, 0.2) is 36.7 Å². The van der Waals surface area contributed by atoms with Gasteiger partial charge in [-0.2, -0.15) is 0 Å². The van der Waals surface area contributed by atoms with Crippen LogP contribution in [0.25, 0.3) is 20.7 Å². The van der Waals surface area contributed by atoms with Crippen LogP contribution in [-0.4, -0.2) is 67.8 Å².